The Hall–Kier alpha value is -1.35. The zero-order chi connectivity index (χ0) is 14.3. The van der Waals surface area contributed by atoms with Crippen LogP contribution in [0.15, 0.2) is 35.3 Å². The molecule has 1 saturated heterocycles. The Morgan fingerprint density at radius 3 is 2.05 bits per heavy atom. The number of aliphatic imine (C=N–C) groups is 1. The smallest absolute Gasteiger partial charge is 0.162 e. The normalized spacial score (nSPS) is 22.5. The van der Waals surface area contributed by atoms with Gasteiger partial charge in [-0.05, 0) is 38.3 Å². The first-order valence-corrected chi connectivity index (χ1v) is 6.80. The van der Waals surface area contributed by atoms with E-state index in [1.165, 1.54) is 0 Å². The molecular weight excluding hydrogens is 236 g/mol. The van der Waals surface area contributed by atoms with Crippen LogP contribution in [0.25, 0.3) is 0 Å². The quantitative estimate of drug-likeness (QED) is 0.756. The minimum atomic E-state index is -0.0740. The Morgan fingerprint density at radius 2 is 1.58 bits per heavy atom. The number of hydroxylamine groups is 2. The van der Waals surface area contributed by atoms with Gasteiger partial charge in [-0.1, -0.05) is 39.0 Å². The molecule has 1 atom stereocenters. The minimum absolute atomic E-state index is 0.0481. The predicted octanol–water partition coefficient (Wildman–Crippen LogP) is 4.18. The van der Waals surface area contributed by atoms with E-state index in [9.17, 15) is 0 Å². The maximum absolute atomic E-state index is 5.96. The zero-order valence-corrected chi connectivity index (χ0v) is 12.8. The molecule has 104 valence electrons. The molecule has 1 aliphatic heterocycles. The highest BCUT2D eigenvalue weighted by Gasteiger charge is 2.48. The number of hydrogen-bond acceptors (Lipinski definition) is 2. The molecule has 0 aliphatic carbocycles. The van der Waals surface area contributed by atoms with E-state index in [1.54, 1.807) is 0 Å². The van der Waals surface area contributed by atoms with Gasteiger partial charge in [-0.25, -0.2) is 10.1 Å². The fourth-order valence-electron chi connectivity index (χ4n) is 2.05. The molecular formula is C16H24N2O. The minimum Gasteiger partial charge on any atom is -0.260 e. The third kappa shape index (κ3) is 2.98. The first-order chi connectivity index (χ1) is 8.69. The molecule has 0 spiro atoms. The lowest BCUT2D eigenvalue weighted by Gasteiger charge is -2.52. The van der Waals surface area contributed by atoms with Crippen LogP contribution >= 0.6 is 0 Å². The molecule has 2 rings (SSSR count). The average molecular weight is 260 g/mol. The van der Waals surface area contributed by atoms with Crippen molar-refractivity contribution in [2.24, 2.45) is 10.4 Å². The largest absolute Gasteiger partial charge is 0.260 e. The second kappa shape index (κ2) is 4.64. The molecule has 1 aliphatic rings. The van der Waals surface area contributed by atoms with Gasteiger partial charge in [-0.2, -0.15) is 0 Å². The van der Waals surface area contributed by atoms with Crippen LogP contribution in [-0.2, 0) is 4.84 Å². The zero-order valence-electron chi connectivity index (χ0n) is 12.8. The summed E-state index contributed by atoms with van der Waals surface area (Å²) in [4.78, 5) is 10.7. The van der Waals surface area contributed by atoms with Gasteiger partial charge in [0, 0.05) is 0 Å². The molecule has 0 N–H and O–H groups in total. The highest BCUT2D eigenvalue weighted by atomic mass is 16.7. The molecule has 1 fully saturated rings. The number of benzene rings is 1. The van der Waals surface area contributed by atoms with Crippen molar-refractivity contribution in [2.45, 2.75) is 53.2 Å². The Balaban J connectivity index is 2.33. The molecule has 0 aromatic heterocycles. The van der Waals surface area contributed by atoms with Crippen LogP contribution in [0.3, 0.4) is 0 Å². The van der Waals surface area contributed by atoms with Gasteiger partial charge in [0.25, 0.3) is 0 Å². The maximum Gasteiger partial charge on any atom is 0.162 e. The molecule has 1 heterocycles. The van der Waals surface area contributed by atoms with E-state index in [0.29, 0.717) is 0 Å². The molecule has 0 saturated carbocycles. The third-order valence-corrected chi connectivity index (χ3v) is 3.05. The van der Waals surface area contributed by atoms with Gasteiger partial charge < -0.3 is 0 Å². The number of amidine groups is 1. The van der Waals surface area contributed by atoms with Gasteiger partial charge in [0.15, 0.2) is 5.84 Å². The number of para-hydroxylation sites is 1. The van der Waals surface area contributed by atoms with Gasteiger partial charge >= 0.3 is 0 Å². The third-order valence-electron chi connectivity index (χ3n) is 3.05. The van der Waals surface area contributed by atoms with Gasteiger partial charge in [0.1, 0.15) is 6.10 Å². The first kappa shape index (κ1) is 14.1. The highest BCUT2D eigenvalue weighted by Crippen LogP contribution is 2.37. The summed E-state index contributed by atoms with van der Waals surface area (Å²) in [5.41, 5.74) is 0.953. The Bertz CT molecular complexity index is 444. The van der Waals surface area contributed by atoms with Crippen LogP contribution < -0.4 is 0 Å². The molecule has 1 unspecified atom stereocenters. The Labute approximate surface area is 116 Å². The Kier molecular flexibility index (Phi) is 3.43. The highest BCUT2D eigenvalue weighted by molar-refractivity contribution is 5.92. The van der Waals surface area contributed by atoms with Gasteiger partial charge in [-0.3, -0.25) is 4.84 Å². The topological polar surface area (TPSA) is 24.8 Å². The SMILES string of the molecule is CC(C)(C)C1ON(C(C)(C)C)C1=Nc1ccccc1. The molecule has 3 heteroatoms. The second-order valence-electron chi connectivity index (χ2n) is 7.12. The molecule has 3 nitrogen and oxygen atoms in total. The molecule has 0 amide bonds. The lowest BCUT2D eigenvalue weighted by Crippen LogP contribution is -2.65. The van der Waals surface area contributed by atoms with Gasteiger partial charge in [-0.15, -0.1) is 0 Å². The van der Waals surface area contributed by atoms with Crippen molar-refractivity contribution in [3.05, 3.63) is 30.3 Å². The van der Waals surface area contributed by atoms with Crippen molar-refractivity contribution in [2.75, 3.05) is 0 Å². The number of hydrogen-bond donors (Lipinski definition) is 0. The van der Waals surface area contributed by atoms with Crippen LogP contribution in [0.1, 0.15) is 41.5 Å². The molecule has 0 radical (unpaired) electrons. The van der Waals surface area contributed by atoms with E-state index < -0.39 is 0 Å². The van der Waals surface area contributed by atoms with Crippen molar-refractivity contribution in [1.82, 2.24) is 5.06 Å². The summed E-state index contributed by atoms with van der Waals surface area (Å²) in [5.74, 6) is 1.02. The van der Waals surface area contributed by atoms with Crippen LogP contribution in [0, 0.1) is 5.41 Å². The van der Waals surface area contributed by atoms with Crippen LogP contribution in [0.4, 0.5) is 5.69 Å². The predicted molar refractivity (Wildman–Crippen MR) is 79.5 cm³/mol. The van der Waals surface area contributed by atoms with Crippen molar-refractivity contribution in [3.8, 4) is 0 Å². The van der Waals surface area contributed by atoms with E-state index in [2.05, 4.69) is 41.5 Å². The van der Waals surface area contributed by atoms with Crippen molar-refractivity contribution in [1.29, 1.82) is 0 Å². The van der Waals surface area contributed by atoms with E-state index in [-0.39, 0.29) is 17.1 Å². The van der Waals surface area contributed by atoms with Crippen molar-refractivity contribution >= 4 is 11.5 Å². The van der Waals surface area contributed by atoms with Crippen molar-refractivity contribution in [3.63, 3.8) is 0 Å². The van der Waals surface area contributed by atoms with E-state index in [4.69, 9.17) is 9.83 Å². The summed E-state index contributed by atoms with van der Waals surface area (Å²) in [7, 11) is 0. The summed E-state index contributed by atoms with van der Waals surface area (Å²) in [6.45, 7) is 12.9. The fourth-order valence-corrected chi connectivity index (χ4v) is 2.05. The van der Waals surface area contributed by atoms with Crippen LogP contribution in [0.2, 0.25) is 0 Å². The fraction of sp³-hybridized carbons (Fsp3) is 0.562. The van der Waals surface area contributed by atoms with Crippen LogP contribution in [-0.4, -0.2) is 22.5 Å². The van der Waals surface area contributed by atoms with E-state index in [1.807, 2.05) is 35.4 Å². The lowest BCUT2D eigenvalue weighted by atomic mass is 9.85. The second-order valence-corrected chi connectivity index (χ2v) is 7.12. The van der Waals surface area contributed by atoms with E-state index in [0.717, 1.165) is 11.5 Å². The average Bonchev–Trinajstić information content (AvgIpc) is 2.21. The first-order valence-electron chi connectivity index (χ1n) is 6.80. The summed E-state index contributed by atoms with van der Waals surface area (Å²) in [5, 5.41) is 1.93. The summed E-state index contributed by atoms with van der Waals surface area (Å²) in [6.07, 6.45) is 0.0481. The van der Waals surface area contributed by atoms with Gasteiger partial charge in [0.05, 0.1) is 11.2 Å². The standard InChI is InChI=1S/C16H24N2O/c1-15(2,3)13-14(18(19-13)16(4,5)6)17-12-10-8-7-9-11-12/h7-11,13H,1-6H3. The number of rotatable bonds is 1. The molecule has 19 heavy (non-hydrogen) atoms. The molecule has 0 bridgehead atoms. The number of nitrogens with zero attached hydrogens (tertiary/aromatic N) is 2. The monoisotopic (exact) mass is 260 g/mol. The lowest BCUT2D eigenvalue weighted by molar-refractivity contribution is -0.255. The Morgan fingerprint density at radius 1 is 1.00 bits per heavy atom. The van der Waals surface area contributed by atoms with Crippen LogP contribution in [0.5, 0.6) is 0 Å². The molecule has 1 aromatic carbocycles. The summed E-state index contributed by atoms with van der Waals surface area (Å²) >= 11 is 0. The van der Waals surface area contributed by atoms with Gasteiger partial charge in [0.2, 0.25) is 0 Å². The maximum atomic E-state index is 5.96. The summed E-state index contributed by atoms with van der Waals surface area (Å²) in [6, 6.07) is 10.1. The van der Waals surface area contributed by atoms with Crippen molar-refractivity contribution < 1.29 is 4.84 Å². The summed E-state index contributed by atoms with van der Waals surface area (Å²) < 4.78 is 0. The van der Waals surface area contributed by atoms with E-state index >= 15 is 0 Å². The molecule has 1 aromatic rings.